The number of carbonyl (C=O) groups excluding carboxylic acids is 2. The van der Waals surface area contributed by atoms with Gasteiger partial charge < -0.3 is 79.7 Å². The number of benzene rings is 1. The second-order valence-corrected chi connectivity index (χ2v) is 14.0. The first-order valence-electron chi connectivity index (χ1n) is 18.6. The molecule has 0 aliphatic carbocycles. The Kier molecular flexibility index (Phi) is 17.9. The zero-order chi connectivity index (χ0) is 39.4. The molecule has 0 bridgehead atoms. The van der Waals surface area contributed by atoms with Gasteiger partial charge in [-0.2, -0.15) is 0 Å². The number of amides is 1. The lowest BCUT2D eigenvalue weighted by Crippen LogP contribution is -2.67. The zero-order valence-electron chi connectivity index (χ0n) is 30.3. The second-order valence-electron chi connectivity index (χ2n) is 14.0. The molecule has 3 aliphatic rings. The number of ether oxygens (including phenoxy) is 6. The van der Waals surface area contributed by atoms with Crippen LogP contribution in [0.2, 0.25) is 0 Å². The summed E-state index contributed by atoms with van der Waals surface area (Å²) in [5.74, 6) is -1.02. The van der Waals surface area contributed by atoms with E-state index in [4.69, 9.17) is 28.4 Å². The van der Waals surface area contributed by atoms with E-state index in [-0.39, 0.29) is 19.1 Å². The molecule has 18 nitrogen and oxygen atoms in total. The van der Waals surface area contributed by atoms with E-state index in [0.29, 0.717) is 12.8 Å². The van der Waals surface area contributed by atoms with Gasteiger partial charge in [0.05, 0.1) is 12.7 Å². The standard InChI is InChI=1S/C36H57NO17/c1-19-23(40)25(42)27(44)35(50-19)53-30-29(46)31(52-34(48)32(30)54-36-28(45)26(43)24(41)21(17-38)51-36)33(47)37-16-12-7-5-3-2-4-6-11-15-22(39)49-18-20-13-9-8-10-14-20/h8-10,13-14,19,21,23-32,34-36,38,40-46,48H,2-7,11-12,15-18H2,1H3,(H,37,47)/t19?,21?,23?,24-,25?,26?,27?,28?,29-,30?,31?,32?,34+,35?,36-/m0/s1. The first kappa shape index (κ1) is 44.3. The highest BCUT2D eigenvalue weighted by Crippen LogP contribution is 2.33. The van der Waals surface area contributed by atoms with Gasteiger partial charge >= 0.3 is 5.97 Å². The Balaban J connectivity index is 1.22. The van der Waals surface area contributed by atoms with Crippen LogP contribution in [0.25, 0.3) is 0 Å². The molecule has 0 saturated carbocycles. The highest BCUT2D eigenvalue weighted by Gasteiger charge is 2.55. The van der Waals surface area contributed by atoms with Crippen molar-refractivity contribution in [1.29, 1.82) is 0 Å². The van der Waals surface area contributed by atoms with E-state index in [9.17, 15) is 55.5 Å². The van der Waals surface area contributed by atoms with Gasteiger partial charge in [-0.1, -0.05) is 68.9 Å². The fourth-order valence-corrected chi connectivity index (χ4v) is 6.55. The van der Waals surface area contributed by atoms with Crippen molar-refractivity contribution in [2.45, 2.75) is 163 Å². The Morgan fingerprint density at radius 1 is 0.667 bits per heavy atom. The molecule has 0 aromatic heterocycles. The van der Waals surface area contributed by atoms with E-state index in [1.54, 1.807) is 0 Å². The van der Waals surface area contributed by atoms with Gasteiger partial charge in [0, 0.05) is 13.0 Å². The summed E-state index contributed by atoms with van der Waals surface area (Å²) < 4.78 is 33.0. The Labute approximate surface area is 313 Å². The summed E-state index contributed by atoms with van der Waals surface area (Å²) in [6, 6.07) is 9.51. The van der Waals surface area contributed by atoms with Crippen molar-refractivity contribution in [1.82, 2.24) is 5.32 Å². The quantitative estimate of drug-likeness (QED) is 0.0529. The highest BCUT2D eigenvalue weighted by molar-refractivity contribution is 5.81. The monoisotopic (exact) mass is 775 g/mol. The van der Waals surface area contributed by atoms with Gasteiger partial charge in [-0.15, -0.1) is 0 Å². The van der Waals surface area contributed by atoms with Gasteiger partial charge in [0.2, 0.25) is 0 Å². The molecule has 3 heterocycles. The maximum Gasteiger partial charge on any atom is 0.306 e. The molecule has 54 heavy (non-hydrogen) atoms. The zero-order valence-corrected chi connectivity index (χ0v) is 30.3. The summed E-state index contributed by atoms with van der Waals surface area (Å²) in [5.41, 5.74) is 0.949. The molecule has 4 rings (SSSR count). The van der Waals surface area contributed by atoms with Crippen LogP contribution in [0.5, 0.6) is 0 Å². The lowest BCUT2D eigenvalue weighted by Gasteiger charge is -2.47. The smallest absolute Gasteiger partial charge is 0.306 e. The van der Waals surface area contributed by atoms with Crippen LogP contribution in [-0.4, -0.2) is 163 Å². The van der Waals surface area contributed by atoms with Crippen molar-refractivity contribution < 1.29 is 84.0 Å². The van der Waals surface area contributed by atoms with Crippen molar-refractivity contribution in [3.05, 3.63) is 35.9 Å². The van der Waals surface area contributed by atoms with Gasteiger partial charge in [-0.05, 0) is 25.3 Å². The fourth-order valence-electron chi connectivity index (χ4n) is 6.55. The SMILES string of the molecule is CC1OC(OC2C(O[C@@H]3OC(CO)[C@H](O)C(O)C3O)[C@H](O)OC(C(=O)NCCCCCCCCCCC(=O)OCc3ccccc3)[C@H]2O)C(O)C(O)C1O. The Bertz CT molecular complexity index is 1260. The number of hydrogen-bond acceptors (Lipinski definition) is 17. The first-order valence-corrected chi connectivity index (χ1v) is 18.6. The molecule has 308 valence electrons. The van der Waals surface area contributed by atoms with Crippen LogP contribution >= 0.6 is 0 Å². The average Bonchev–Trinajstić information content (AvgIpc) is 3.16. The average molecular weight is 776 g/mol. The van der Waals surface area contributed by atoms with E-state index in [2.05, 4.69) is 5.32 Å². The summed E-state index contributed by atoms with van der Waals surface area (Å²) in [7, 11) is 0. The molecule has 11 unspecified atom stereocenters. The van der Waals surface area contributed by atoms with E-state index >= 15 is 0 Å². The Morgan fingerprint density at radius 3 is 1.89 bits per heavy atom. The lowest BCUT2D eigenvalue weighted by atomic mass is 9.95. The molecule has 1 amide bonds. The van der Waals surface area contributed by atoms with E-state index in [0.717, 1.165) is 50.5 Å². The molecular weight excluding hydrogens is 718 g/mol. The second kappa shape index (κ2) is 21.8. The third-order valence-corrected chi connectivity index (χ3v) is 9.88. The van der Waals surface area contributed by atoms with E-state index in [1.165, 1.54) is 6.92 Å². The summed E-state index contributed by atoms with van der Waals surface area (Å²) in [4.78, 5) is 25.1. The number of rotatable bonds is 19. The third kappa shape index (κ3) is 12.1. The minimum absolute atomic E-state index is 0.210. The minimum Gasteiger partial charge on any atom is -0.461 e. The lowest BCUT2D eigenvalue weighted by molar-refractivity contribution is -0.382. The summed E-state index contributed by atoms with van der Waals surface area (Å²) >= 11 is 0. The van der Waals surface area contributed by atoms with Crippen molar-refractivity contribution in [2.75, 3.05) is 13.2 Å². The normalized spacial score (nSPS) is 37.1. The largest absolute Gasteiger partial charge is 0.461 e. The summed E-state index contributed by atoms with van der Waals surface area (Å²) in [5, 5.41) is 96.3. The molecule has 15 atom stereocenters. The highest BCUT2D eigenvalue weighted by atomic mass is 16.8. The van der Waals surface area contributed by atoms with Crippen LogP contribution in [-0.2, 0) is 44.6 Å². The van der Waals surface area contributed by atoms with Crippen molar-refractivity contribution in [3.63, 3.8) is 0 Å². The molecule has 0 spiro atoms. The molecule has 3 saturated heterocycles. The Hall–Kier alpha value is -2.40. The number of nitrogens with one attached hydrogen (secondary N) is 1. The van der Waals surface area contributed by atoms with E-state index in [1.807, 2.05) is 30.3 Å². The number of carbonyl (C=O) groups is 2. The van der Waals surface area contributed by atoms with E-state index < -0.39 is 105 Å². The summed E-state index contributed by atoms with van der Waals surface area (Å²) in [6.07, 6.45) is -18.5. The van der Waals surface area contributed by atoms with Crippen molar-refractivity contribution in [2.24, 2.45) is 0 Å². The maximum absolute atomic E-state index is 13.2. The number of aliphatic hydroxyl groups is 9. The molecule has 0 radical (unpaired) electrons. The van der Waals surface area contributed by atoms with Gasteiger partial charge in [-0.25, -0.2) is 0 Å². The molecule has 18 heteroatoms. The number of aliphatic hydroxyl groups excluding tert-OH is 9. The van der Waals surface area contributed by atoms with Crippen molar-refractivity contribution >= 4 is 11.9 Å². The first-order chi connectivity index (χ1) is 25.8. The molecular formula is C36H57NO17. The van der Waals surface area contributed by atoms with Gasteiger partial charge in [-0.3, -0.25) is 9.59 Å². The van der Waals surface area contributed by atoms with Crippen LogP contribution in [0.15, 0.2) is 30.3 Å². The molecule has 3 fully saturated rings. The van der Waals surface area contributed by atoms with Crippen molar-refractivity contribution in [3.8, 4) is 0 Å². The fraction of sp³-hybridized carbons (Fsp3) is 0.778. The Morgan fingerprint density at radius 2 is 1.24 bits per heavy atom. The van der Waals surface area contributed by atoms with Gasteiger partial charge in [0.15, 0.2) is 25.0 Å². The maximum atomic E-state index is 13.2. The van der Waals surface area contributed by atoms with Crippen LogP contribution < -0.4 is 5.32 Å². The van der Waals surface area contributed by atoms with Gasteiger partial charge in [0.25, 0.3) is 5.91 Å². The minimum atomic E-state index is -2.05. The number of unbranched alkanes of at least 4 members (excludes halogenated alkanes) is 7. The third-order valence-electron chi connectivity index (χ3n) is 9.88. The topological polar surface area (TPSA) is 284 Å². The number of esters is 1. The van der Waals surface area contributed by atoms with Crippen LogP contribution in [0.1, 0.15) is 70.3 Å². The summed E-state index contributed by atoms with van der Waals surface area (Å²) in [6.45, 7) is 1.09. The molecule has 1 aromatic rings. The van der Waals surface area contributed by atoms with Crippen LogP contribution in [0.3, 0.4) is 0 Å². The van der Waals surface area contributed by atoms with Gasteiger partial charge in [0.1, 0.15) is 67.6 Å². The van der Waals surface area contributed by atoms with Crippen LogP contribution in [0.4, 0.5) is 0 Å². The molecule has 10 N–H and O–H groups in total. The molecule has 3 aliphatic heterocycles. The number of hydrogen-bond donors (Lipinski definition) is 10. The molecule has 1 aromatic carbocycles. The van der Waals surface area contributed by atoms with Crippen LogP contribution in [0, 0.1) is 0 Å². The predicted molar refractivity (Wildman–Crippen MR) is 184 cm³/mol. The predicted octanol–water partition coefficient (Wildman–Crippen LogP) is -2.17.